The van der Waals surface area contributed by atoms with Crippen molar-refractivity contribution in [3.63, 3.8) is 0 Å². The van der Waals surface area contributed by atoms with E-state index in [-0.39, 0.29) is 19.0 Å². The minimum Gasteiger partial charge on any atom is -0.493 e. The Hall–Kier alpha value is -2.80. The molecule has 0 unspecified atom stereocenters. The van der Waals surface area contributed by atoms with Crippen LogP contribution in [0, 0.1) is 0 Å². The van der Waals surface area contributed by atoms with Crippen LogP contribution in [-0.4, -0.2) is 25.2 Å². The number of methoxy groups -OCH3 is 2. The fourth-order valence-electron chi connectivity index (χ4n) is 2.46. The molecule has 0 aliphatic heterocycles. The van der Waals surface area contributed by atoms with Gasteiger partial charge in [0, 0.05) is 11.8 Å². The Labute approximate surface area is 155 Å². The molecule has 136 valence electrons. The molecule has 2 aromatic heterocycles. The highest BCUT2D eigenvalue weighted by molar-refractivity contribution is 7.13. The number of hydrogen-bond donors (Lipinski definition) is 0. The molecule has 1 aromatic carbocycles. The summed E-state index contributed by atoms with van der Waals surface area (Å²) in [6, 6.07) is 9.26. The van der Waals surface area contributed by atoms with Gasteiger partial charge in [0.25, 0.3) is 0 Å². The Morgan fingerprint density at radius 3 is 2.81 bits per heavy atom. The number of thiazole rings is 1. The van der Waals surface area contributed by atoms with Crippen molar-refractivity contribution in [1.82, 2.24) is 4.98 Å². The summed E-state index contributed by atoms with van der Waals surface area (Å²) in [5, 5.41) is 2.65. The first kappa shape index (κ1) is 18.0. The highest BCUT2D eigenvalue weighted by Gasteiger charge is 2.15. The molecule has 0 N–H and O–H groups in total. The zero-order chi connectivity index (χ0) is 18.4. The number of rotatable bonds is 8. The summed E-state index contributed by atoms with van der Waals surface area (Å²) in [6.07, 6.45) is 2.38. The van der Waals surface area contributed by atoms with Crippen LogP contribution in [0.25, 0.3) is 10.6 Å². The summed E-state index contributed by atoms with van der Waals surface area (Å²) >= 11 is 1.46. The van der Waals surface area contributed by atoms with E-state index in [0.29, 0.717) is 23.6 Å². The molecule has 0 atom stereocenters. The number of ether oxygens (including phenoxy) is 3. The van der Waals surface area contributed by atoms with Crippen molar-refractivity contribution in [3.05, 3.63) is 53.4 Å². The van der Waals surface area contributed by atoms with E-state index in [4.69, 9.17) is 18.6 Å². The summed E-state index contributed by atoms with van der Waals surface area (Å²) in [5.41, 5.74) is 1.54. The smallest absolute Gasteiger partial charge is 0.306 e. The number of furan rings is 1. The third kappa shape index (κ3) is 4.23. The Bertz CT molecular complexity index is 857. The summed E-state index contributed by atoms with van der Waals surface area (Å²) in [6.45, 7) is 0.139. The van der Waals surface area contributed by atoms with Crippen molar-refractivity contribution in [2.24, 2.45) is 0 Å². The number of hydrogen-bond acceptors (Lipinski definition) is 7. The van der Waals surface area contributed by atoms with E-state index in [1.54, 1.807) is 26.5 Å². The number of benzene rings is 1. The van der Waals surface area contributed by atoms with Crippen LogP contribution in [0.2, 0.25) is 0 Å². The normalized spacial score (nSPS) is 10.5. The molecule has 3 aromatic rings. The summed E-state index contributed by atoms with van der Waals surface area (Å²) in [4.78, 5) is 16.4. The molecular formula is C19H19NO5S. The zero-order valence-electron chi connectivity index (χ0n) is 14.6. The molecule has 7 heteroatoms. The fraction of sp³-hybridized carbons (Fsp3) is 0.263. The van der Waals surface area contributed by atoms with Crippen LogP contribution in [0.1, 0.15) is 17.9 Å². The maximum atomic E-state index is 11.8. The Kier molecular flexibility index (Phi) is 5.91. The van der Waals surface area contributed by atoms with E-state index >= 15 is 0 Å². The molecule has 0 fully saturated rings. The maximum absolute atomic E-state index is 11.8. The van der Waals surface area contributed by atoms with E-state index in [9.17, 15) is 4.79 Å². The van der Waals surface area contributed by atoms with Crippen LogP contribution in [-0.2, 0) is 22.6 Å². The van der Waals surface area contributed by atoms with E-state index in [2.05, 4.69) is 4.98 Å². The van der Waals surface area contributed by atoms with E-state index in [1.807, 2.05) is 29.6 Å². The first-order valence-corrected chi connectivity index (χ1v) is 8.93. The van der Waals surface area contributed by atoms with Gasteiger partial charge in [-0.05, 0) is 24.3 Å². The molecule has 2 heterocycles. The van der Waals surface area contributed by atoms with Crippen LogP contribution >= 0.6 is 11.3 Å². The second-order valence-electron chi connectivity index (χ2n) is 5.43. The van der Waals surface area contributed by atoms with Crippen LogP contribution in [0.5, 0.6) is 11.5 Å². The molecule has 6 nitrogen and oxygen atoms in total. The van der Waals surface area contributed by atoms with Gasteiger partial charge < -0.3 is 18.6 Å². The minimum atomic E-state index is -0.282. The fourth-order valence-corrected chi connectivity index (χ4v) is 3.29. The number of para-hydroxylation sites is 1. The quantitative estimate of drug-likeness (QED) is 0.554. The number of carbonyl (C=O) groups is 1. The van der Waals surface area contributed by atoms with Crippen molar-refractivity contribution in [2.75, 3.05) is 14.2 Å². The molecule has 3 rings (SSSR count). The molecule has 0 saturated heterocycles. The Morgan fingerprint density at radius 1 is 1.19 bits per heavy atom. The van der Waals surface area contributed by atoms with Crippen LogP contribution in [0.15, 0.2) is 46.4 Å². The zero-order valence-corrected chi connectivity index (χ0v) is 15.4. The Morgan fingerprint density at radius 2 is 2.08 bits per heavy atom. The third-order valence-corrected chi connectivity index (χ3v) is 4.65. The van der Waals surface area contributed by atoms with Crippen molar-refractivity contribution < 1.29 is 23.4 Å². The van der Waals surface area contributed by atoms with Crippen molar-refractivity contribution in [2.45, 2.75) is 19.4 Å². The molecule has 0 spiro atoms. The predicted molar refractivity (Wildman–Crippen MR) is 97.5 cm³/mol. The average Bonchev–Trinajstić information content (AvgIpc) is 3.35. The molecule has 0 radical (unpaired) electrons. The lowest BCUT2D eigenvalue weighted by Gasteiger charge is -2.10. The van der Waals surface area contributed by atoms with Crippen molar-refractivity contribution >= 4 is 17.3 Å². The van der Waals surface area contributed by atoms with Gasteiger partial charge in [-0.15, -0.1) is 11.3 Å². The highest BCUT2D eigenvalue weighted by Crippen LogP contribution is 2.38. The van der Waals surface area contributed by atoms with E-state index in [0.717, 1.165) is 16.3 Å². The van der Waals surface area contributed by atoms with Crippen molar-refractivity contribution in [3.8, 4) is 22.1 Å². The number of aryl methyl sites for hydroxylation is 1. The second kappa shape index (κ2) is 8.53. The monoisotopic (exact) mass is 373 g/mol. The van der Waals surface area contributed by atoms with Gasteiger partial charge in [-0.3, -0.25) is 4.79 Å². The van der Waals surface area contributed by atoms with E-state index in [1.165, 1.54) is 11.3 Å². The second-order valence-corrected chi connectivity index (χ2v) is 6.28. The van der Waals surface area contributed by atoms with Gasteiger partial charge in [0.2, 0.25) is 0 Å². The lowest BCUT2D eigenvalue weighted by atomic mass is 10.2. The van der Waals surface area contributed by atoms with E-state index < -0.39 is 0 Å². The lowest BCUT2D eigenvalue weighted by molar-refractivity contribution is -0.145. The number of nitrogens with zero attached hydrogens (tertiary/aromatic N) is 1. The molecule has 0 aliphatic carbocycles. The summed E-state index contributed by atoms with van der Waals surface area (Å²) in [7, 11) is 3.19. The first-order chi connectivity index (χ1) is 12.7. The van der Waals surface area contributed by atoms with Gasteiger partial charge in [0.1, 0.15) is 17.4 Å². The van der Waals surface area contributed by atoms with Gasteiger partial charge in [-0.2, -0.15) is 0 Å². The number of carbonyl (C=O) groups excluding carboxylic acids is 1. The molecule has 0 bridgehead atoms. The van der Waals surface area contributed by atoms with Crippen LogP contribution in [0.4, 0.5) is 0 Å². The lowest BCUT2D eigenvalue weighted by Crippen LogP contribution is -2.05. The molecule has 0 aliphatic rings. The minimum absolute atomic E-state index is 0.139. The highest BCUT2D eigenvalue weighted by atomic mass is 32.1. The van der Waals surface area contributed by atoms with Gasteiger partial charge >= 0.3 is 5.97 Å². The first-order valence-electron chi connectivity index (χ1n) is 8.05. The SMILES string of the molecule is COc1cccc(-c2nc(COC(=O)CCc3ccco3)cs2)c1OC. The summed E-state index contributed by atoms with van der Waals surface area (Å²) in [5.74, 6) is 1.76. The number of esters is 1. The van der Waals surface area contributed by atoms with Gasteiger partial charge in [-0.1, -0.05) is 6.07 Å². The largest absolute Gasteiger partial charge is 0.493 e. The molecule has 0 amide bonds. The molecule has 0 saturated carbocycles. The number of aromatic nitrogens is 1. The van der Waals surface area contributed by atoms with Crippen LogP contribution in [0.3, 0.4) is 0 Å². The van der Waals surface area contributed by atoms with Gasteiger partial charge in [-0.25, -0.2) is 4.98 Å². The standard InChI is InChI=1S/C19H19NO5S/c1-22-16-7-3-6-15(18(16)23-2)19-20-13(12-26-19)11-25-17(21)9-8-14-5-4-10-24-14/h3-7,10,12H,8-9,11H2,1-2H3. The summed E-state index contributed by atoms with van der Waals surface area (Å²) < 4.78 is 21.2. The van der Waals surface area contributed by atoms with Gasteiger partial charge in [0.05, 0.1) is 38.2 Å². The third-order valence-electron chi connectivity index (χ3n) is 3.72. The molecular weight excluding hydrogens is 354 g/mol. The Balaban J connectivity index is 1.61. The predicted octanol–water partition coefficient (Wildman–Crippen LogP) is 4.10. The van der Waals surface area contributed by atoms with Crippen molar-refractivity contribution in [1.29, 1.82) is 0 Å². The topological polar surface area (TPSA) is 70.8 Å². The maximum Gasteiger partial charge on any atom is 0.306 e. The molecule has 26 heavy (non-hydrogen) atoms. The van der Waals surface area contributed by atoms with Gasteiger partial charge in [0.15, 0.2) is 11.5 Å². The average molecular weight is 373 g/mol. The van der Waals surface area contributed by atoms with Crippen LogP contribution < -0.4 is 9.47 Å².